The van der Waals surface area contributed by atoms with E-state index in [0.717, 1.165) is 33.2 Å². The maximum Gasteiger partial charge on any atom is 0.360 e. The van der Waals surface area contributed by atoms with E-state index in [4.69, 9.17) is 13.9 Å². The van der Waals surface area contributed by atoms with Gasteiger partial charge in [0.05, 0.1) is 6.04 Å². The Balaban J connectivity index is 1.15. The van der Waals surface area contributed by atoms with E-state index in [2.05, 4.69) is 20.6 Å². The molecule has 50 heavy (non-hydrogen) atoms. The van der Waals surface area contributed by atoms with Crippen molar-refractivity contribution >= 4 is 28.7 Å². The Kier molecular flexibility index (Phi) is 11.5. The van der Waals surface area contributed by atoms with Crippen molar-refractivity contribution in [3.05, 3.63) is 162 Å². The molecule has 1 amide bonds. The molecule has 0 saturated heterocycles. The summed E-state index contributed by atoms with van der Waals surface area (Å²) >= 11 is 0. The lowest BCUT2D eigenvalue weighted by atomic mass is 10.0. The van der Waals surface area contributed by atoms with Crippen LogP contribution in [0.25, 0.3) is 10.9 Å². The molecular formula is C40H38N4O6. The maximum absolute atomic E-state index is 13.8. The average molecular weight is 671 g/mol. The number of nitrogens with zero attached hydrogens (tertiary/aromatic N) is 1. The normalized spacial score (nSPS) is 12.2. The van der Waals surface area contributed by atoms with Gasteiger partial charge in [0.2, 0.25) is 5.91 Å². The zero-order valence-electron chi connectivity index (χ0n) is 27.4. The number of ether oxygens (including phenoxy) is 2. The van der Waals surface area contributed by atoms with E-state index >= 15 is 0 Å². The van der Waals surface area contributed by atoms with Gasteiger partial charge in [0, 0.05) is 36.5 Å². The van der Waals surface area contributed by atoms with E-state index in [1.165, 1.54) is 6.39 Å². The molecule has 10 nitrogen and oxygen atoms in total. The Labute approximate surface area is 289 Å². The summed E-state index contributed by atoms with van der Waals surface area (Å²) in [5.74, 6) is -1.09. The molecule has 0 fully saturated rings. The van der Waals surface area contributed by atoms with Crippen LogP contribution in [0.1, 0.15) is 38.5 Å². The molecule has 3 N–H and O–H groups in total. The smallest absolute Gasteiger partial charge is 0.360 e. The topological polar surface area (TPSA) is 136 Å². The van der Waals surface area contributed by atoms with Crippen molar-refractivity contribution in [3.8, 4) is 0 Å². The molecule has 6 aromatic rings. The monoisotopic (exact) mass is 670 g/mol. The second-order valence-corrected chi connectivity index (χ2v) is 11.8. The Morgan fingerprint density at radius 3 is 2.04 bits per heavy atom. The number of fused-ring (bicyclic) bond motifs is 1. The molecule has 0 unspecified atom stereocenters. The minimum absolute atomic E-state index is 0.0640. The third kappa shape index (κ3) is 9.12. The van der Waals surface area contributed by atoms with Crippen LogP contribution in [0.4, 0.5) is 0 Å². The maximum atomic E-state index is 13.8. The first-order chi connectivity index (χ1) is 24.5. The standard InChI is InChI=1S/C40H38N4O6/c45-38(41-21-20-36-37(43-27-50-36)40(47)49-26-30-16-8-3-9-17-30)34(22-28-12-4-1-5-13-28)44-35(39(46)48-25-29-14-6-2-7-15-29)23-31-24-42-33-19-11-10-18-32(31)33/h1-19,24,27,34-35,42,44H,20-23,25-26H2,(H,41,45)/t34-,35-/m0/s1. The van der Waals surface area contributed by atoms with E-state index in [9.17, 15) is 14.4 Å². The van der Waals surface area contributed by atoms with Gasteiger partial charge >= 0.3 is 11.9 Å². The van der Waals surface area contributed by atoms with Gasteiger partial charge in [-0.15, -0.1) is 0 Å². The lowest BCUT2D eigenvalue weighted by Gasteiger charge is -2.24. The van der Waals surface area contributed by atoms with Gasteiger partial charge in [-0.1, -0.05) is 109 Å². The lowest BCUT2D eigenvalue weighted by Crippen LogP contribution is -2.53. The molecule has 0 aliphatic carbocycles. The van der Waals surface area contributed by atoms with E-state index in [0.29, 0.717) is 18.6 Å². The van der Waals surface area contributed by atoms with Crippen LogP contribution >= 0.6 is 0 Å². The second kappa shape index (κ2) is 16.9. The third-order valence-electron chi connectivity index (χ3n) is 8.31. The number of rotatable bonds is 16. The quantitative estimate of drug-likeness (QED) is 0.111. The lowest BCUT2D eigenvalue weighted by molar-refractivity contribution is -0.147. The van der Waals surface area contributed by atoms with Gasteiger partial charge in [-0.25, -0.2) is 9.78 Å². The largest absolute Gasteiger partial charge is 0.460 e. The Morgan fingerprint density at radius 2 is 1.34 bits per heavy atom. The van der Waals surface area contributed by atoms with Crippen molar-refractivity contribution in [1.29, 1.82) is 0 Å². The molecule has 0 radical (unpaired) electrons. The molecule has 6 rings (SSSR count). The molecule has 10 heteroatoms. The van der Waals surface area contributed by atoms with Crippen LogP contribution in [0, 0.1) is 0 Å². The summed E-state index contributed by atoms with van der Waals surface area (Å²) in [6.07, 6.45) is 3.89. The molecule has 0 aliphatic heterocycles. The highest BCUT2D eigenvalue weighted by atomic mass is 16.5. The van der Waals surface area contributed by atoms with Crippen LogP contribution in [0.15, 0.2) is 132 Å². The summed E-state index contributed by atoms with van der Waals surface area (Å²) in [7, 11) is 0. The number of carbonyl (C=O) groups excluding carboxylic acids is 3. The number of aromatic amines is 1. The van der Waals surface area contributed by atoms with Crippen LogP contribution in [-0.2, 0) is 51.5 Å². The van der Waals surface area contributed by atoms with Gasteiger partial charge in [0.15, 0.2) is 12.1 Å². The summed E-state index contributed by atoms with van der Waals surface area (Å²) in [6, 6.07) is 34.6. The third-order valence-corrected chi connectivity index (χ3v) is 8.31. The van der Waals surface area contributed by atoms with Crippen molar-refractivity contribution in [2.24, 2.45) is 0 Å². The molecule has 2 atom stereocenters. The Bertz CT molecular complexity index is 1990. The van der Waals surface area contributed by atoms with E-state index in [-0.39, 0.29) is 37.8 Å². The highest BCUT2D eigenvalue weighted by molar-refractivity contribution is 5.88. The number of para-hydroxylation sites is 1. The summed E-state index contributed by atoms with van der Waals surface area (Å²) < 4.78 is 16.7. The van der Waals surface area contributed by atoms with Crippen molar-refractivity contribution in [1.82, 2.24) is 20.6 Å². The molecule has 0 aliphatic rings. The fourth-order valence-electron chi connectivity index (χ4n) is 5.71. The van der Waals surface area contributed by atoms with Crippen LogP contribution in [0.2, 0.25) is 0 Å². The van der Waals surface area contributed by atoms with Crippen LogP contribution in [-0.4, -0.2) is 46.4 Å². The number of esters is 2. The van der Waals surface area contributed by atoms with Crippen LogP contribution in [0.3, 0.4) is 0 Å². The SMILES string of the molecule is O=C(OCc1ccccc1)c1ncoc1CCNC(=O)[C@H](Cc1ccccc1)N[C@@H](Cc1c[nH]c2ccccc12)C(=O)OCc1ccccc1. The molecule has 2 aromatic heterocycles. The van der Waals surface area contributed by atoms with Crippen molar-refractivity contribution < 1.29 is 28.3 Å². The number of benzene rings is 4. The number of amides is 1. The fourth-order valence-corrected chi connectivity index (χ4v) is 5.71. The number of hydrogen-bond donors (Lipinski definition) is 3. The first kappa shape index (κ1) is 33.9. The first-order valence-corrected chi connectivity index (χ1v) is 16.5. The van der Waals surface area contributed by atoms with E-state index in [1.54, 1.807) is 0 Å². The highest BCUT2D eigenvalue weighted by Crippen LogP contribution is 2.20. The number of H-pyrrole nitrogens is 1. The summed E-state index contributed by atoms with van der Waals surface area (Å²) in [4.78, 5) is 47.6. The molecule has 254 valence electrons. The fraction of sp³-hybridized carbons (Fsp3) is 0.200. The Morgan fingerprint density at radius 1 is 0.720 bits per heavy atom. The molecule has 0 bridgehead atoms. The van der Waals surface area contributed by atoms with Gasteiger partial charge in [0.1, 0.15) is 25.0 Å². The van der Waals surface area contributed by atoms with Gasteiger partial charge in [0.25, 0.3) is 0 Å². The predicted molar refractivity (Wildman–Crippen MR) is 188 cm³/mol. The van der Waals surface area contributed by atoms with Gasteiger partial charge in [-0.05, 0) is 34.7 Å². The van der Waals surface area contributed by atoms with Gasteiger partial charge in [-0.3, -0.25) is 14.9 Å². The summed E-state index contributed by atoms with van der Waals surface area (Å²) in [6.45, 7) is 0.364. The van der Waals surface area contributed by atoms with Gasteiger partial charge in [-0.2, -0.15) is 0 Å². The number of aromatic nitrogens is 2. The van der Waals surface area contributed by atoms with E-state index < -0.39 is 24.0 Å². The summed E-state index contributed by atoms with van der Waals surface area (Å²) in [5, 5.41) is 7.28. The number of hydrogen-bond acceptors (Lipinski definition) is 8. The van der Waals surface area contributed by atoms with Crippen LogP contribution in [0.5, 0.6) is 0 Å². The average Bonchev–Trinajstić information content (AvgIpc) is 3.81. The summed E-state index contributed by atoms with van der Waals surface area (Å²) in [5.41, 5.74) is 4.57. The van der Waals surface area contributed by atoms with Crippen molar-refractivity contribution in [2.75, 3.05) is 6.54 Å². The molecule has 4 aromatic carbocycles. The highest BCUT2D eigenvalue weighted by Gasteiger charge is 2.29. The molecule has 0 saturated carbocycles. The first-order valence-electron chi connectivity index (χ1n) is 16.5. The van der Waals surface area contributed by atoms with Crippen LogP contribution < -0.4 is 10.6 Å². The Hall–Kier alpha value is -6.00. The molecular weight excluding hydrogens is 632 g/mol. The van der Waals surface area contributed by atoms with Crippen molar-refractivity contribution in [2.45, 2.75) is 44.6 Å². The predicted octanol–water partition coefficient (Wildman–Crippen LogP) is 5.73. The zero-order valence-corrected chi connectivity index (χ0v) is 27.4. The van der Waals surface area contributed by atoms with E-state index in [1.807, 2.05) is 121 Å². The minimum Gasteiger partial charge on any atom is -0.460 e. The number of nitrogens with one attached hydrogen (secondary N) is 3. The second-order valence-electron chi connectivity index (χ2n) is 11.8. The molecule has 0 spiro atoms. The minimum atomic E-state index is -0.836. The number of oxazole rings is 1. The van der Waals surface area contributed by atoms with Crippen molar-refractivity contribution in [3.63, 3.8) is 0 Å². The number of carbonyl (C=O) groups is 3. The zero-order chi connectivity index (χ0) is 34.5. The van der Waals surface area contributed by atoms with Gasteiger partial charge < -0.3 is 24.2 Å². The molecule has 2 heterocycles.